The summed E-state index contributed by atoms with van der Waals surface area (Å²) in [4.78, 5) is -1.70. The zero-order valence-electron chi connectivity index (χ0n) is 39.5. The van der Waals surface area contributed by atoms with Crippen molar-refractivity contribution >= 4 is 96.9 Å². The number of rotatable bonds is 18. The normalized spacial score (nSPS) is 12.9. The van der Waals surface area contributed by atoms with Gasteiger partial charge in [-0.3, -0.25) is 22.8 Å². The highest BCUT2D eigenvalue weighted by atomic mass is 32.2. The number of aromatic nitrogens is 2. The van der Waals surface area contributed by atoms with Gasteiger partial charge in [0.15, 0.2) is 37.9 Å². The number of hydrogen-bond acceptors (Lipinski definition) is 10. The van der Waals surface area contributed by atoms with Gasteiger partial charge in [0.1, 0.15) is 58.7 Å². The maximum atomic E-state index is 12.1. The number of aryl methyl sites for hydroxylation is 3. The van der Waals surface area contributed by atoms with Gasteiger partial charge in [0, 0.05) is 24.3 Å². The van der Waals surface area contributed by atoms with Crippen LogP contribution in [0.3, 0.4) is 0 Å². The molecule has 0 aliphatic rings. The van der Waals surface area contributed by atoms with Gasteiger partial charge in [0.05, 0.1) is 24.5 Å². The van der Waals surface area contributed by atoms with Crippen LogP contribution in [0.25, 0.3) is 11.1 Å². The Morgan fingerprint density at radius 3 is 0.680 bits per heavy atom. The lowest BCUT2D eigenvalue weighted by Gasteiger charge is -2.27. The van der Waals surface area contributed by atoms with Gasteiger partial charge in [-0.25, -0.2) is 9.13 Å². The molecule has 0 radical (unpaired) electrons. The highest BCUT2D eigenvalue weighted by Crippen LogP contribution is 2.56. The first-order chi connectivity index (χ1) is 35.2. The van der Waals surface area contributed by atoms with Crippen molar-refractivity contribution in [2.75, 3.05) is 12.3 Å². The molecule has 0 spiro atoms. The van der Waals surface area contributed by atoms with Crippen molar-refractivity contribution in [3.8, 4) is 11.1 Å². The van der Waals surface area contributed by atoms with E-state index in [2.05, 4.69) is 0 Å². The molecule has 8 aromatic rings. The summed E-state index contributed by atoms with van der Waals surface area (Å²) >= 11 is 0. The average Bonchev–Trinajstić information content (AvgIpc) is 3.37. The van der Waals surface area contributed by atoms with Crippen LogP contribution in [0, 0.1) is 6.92 Å². The highest BCUT2D eigenvalue weighted by Gasteiger charge is 2.48. The molecule has 0 saturated heterocycles. The molecule has 17 nitrogen and oxygen atoms in total. The van der Waals surface area contributed by atoms with Crippen LogP contribution in [-0.4, -0.2) is 77.2 Å². The monoisotopic (exact) mass is 1150 g/mol. The molecule has 0 amide bonds. The molecule has 75 heavy (non-hydrogen) atoms. The Hall–Kier alpha value is -5.97. The van der Waals surface area contributed by atoms with E-state index in [1.807, 2.05) is 89.4 Å². The Morgan fingerprint density at radius 2 is 0.493 bits per heavy atom. The first kappa shape index (κ1) is 55.3. The average molecular weight is 1150 g/mol. The number of pyridine rings is 2. The first-order valence-corrected chi connectivity index (χ1v) is 33.6. The van der Waals surface area contributed by atoms with Gasteiger partial charge in [-0.1, -0.05) is 17.7 Å². The molecule has 24 heteroatoms. The summed E-state index contributed by atoms with van der Waals surface area (Å²) in [7, 11) is -28.6. The van der Waals surface area contributed by atoms with Gasteiger partial charge in [-0.05, 0) is 152 Å². The third-order valence-corrected chi connectivity index (χ3v) is 26.0. The van der Waals surface area contributed by atoms with Crippen molar-refractivity contribution in [3.63, 3.8) is 0 Å². The smallest absolute Gasteiger partial charge is 0.282 e. The molecule has 5 N–H and O–H groups in total. The Labute approximate surface area is 436 Å². The third-order valence-electron chi connectivity index (χ3n) is 12.9. The third kappa shape index (κ3) is 12.2. The van der Waals surface area contributed by atoms with E-state index >= 15 is 0 Å². The van der Waals surface area contributed by atoms with Crippen LogP contribution in [0.1, 0.15) is 5.56 Å². The molecule has 2 heterocycles. The zero-order chi connectivity index (χ0) is 54.2. The standard InChI is InChI=1S/C51H44N2O15P2S5/c1-38-2-4-41(5-3-38)69(42-6-16-47(17-7-42)71(54,55)56,43-8-18-48(19-9-43)72(57,58)59)36-34-52-30-26-39(27-31-52)40-28-32-53(33-29-40)35-37-70(44-10-20-49(21-11-44)73(60,61)62,45-12-22-50(23-13-45)74(63,64)65)46-14-24-51(25-15-46)75(66,67)68/h2-33H,34-37H2,1H3,(H-4,54,55,56,57,58,59,60,61,62,63,64,65,66,67,68)/p+4. The van der Waals surface area contributed by atoms with Crippen LogP contribution in [0.15, 0.2) is 219 Å². The molecule has 0 aliphatic heterocycles. The Balaban J connectivity index is 1.12. The molecule has 8 rings (SSSR count). The first-order valence-electron chi connectivity index (χ1n) is 22.4. The molecule has 0 aliphatic carbocycles. The largest absolute Gasteiger partial charge is 0.294 e. The fourth-order valence-corrected chi connectivity index (χ4v) is 19.7. The fraction of sp³-hybridized carbons (Fsp3) is 0.0980. The van der Waals surface area contributed by atoms with E-state index in [1.165, 1.54) is 97.1 Å². The maximum absolute atomic E-state index is 12.1. The summed E-state index contributed by atoms with van der Waals surface area (Å²) in [6.07, 6.45) is 8.32. The molecule has 6 aromatic carbocycles. The molecule has 388 valence electrons. The molecule has 0 fully saturated rings. The second kappa shape index (κ2) is 21.2. The van der Waals surface area contributed by atoms with Crippen LogP contribution >= 0.6 is 14.5 Å². The number of nitrogens with zero attached hydrogens (tertiary/aromatic N) is 2. The topological polar surface area (TPSA) is 280 Å². The summed E-state index contributed by atoms with van der Waals surface area (Å²) in [5.74, 6) is 0. The molecule has 0 unspecified atom stereocenters. The lowest BCUT2D eigenvalue weighted by atomic mass is 10.1. The summed E-state index contributed by atoms with van der Waals surface area (Å²) in [6, 6.07) is 44.1. The van der Waals surface area contributed by atoms with E-state index in [0.29, 0.717) is 41.3 Å². The van der Waals surface area contributed by atoms with Crippen LogP contribution in [0.4, 0.5) is 0 Å². The van der Waals surface area contributed by atoms with Gasteiger partial charge >= 0.3 is 0 Å². The Morgan fingerprint density at radius 1 is 0.307 bits per heavy atom. The molecule has 0 saturated carbocycles. The van der Waals surface area contributed by atoms with Crippen LogP contribution in [0.2, 0.25) is 0 Å². The van der Waals surface area contributed by atoms with Gasteiger partial charge in [-0.15, -0.1) is 0 Å². The maximum Gasteiger partial charge on any atom is 0.294 e. The predicted molar refractivity (Wildman–Crippen MR) is 286 cm³/mol. The summed E-state index contributed by atoms with van der Waals surface area (Å²) in [6.45, 7) is 2.70. The molecule has 0 bridgehead atoms. The lowest BCUT2D eigenvalue weighted by Crippen LogP contribution is -2.41. The van der Waals surface area contributed by atoms with Crippen LogP contribution in [0.5, 0.6) is 0 Å². The van der Waals surface area contributed by atoms with Crippen molar-refractivity contribution < 1.29 is 74.0 Å². The fourth-order valence-electron chi connectivity index (χ4n) is 8.96. The van der Waals surface area contributed by atoms with Gasteiger partial charge in [0.25, 0.3) is 50.6 Å². The minimum Gasteiger partial charge on any atom is -0.282 e. The summed E-state index contributed by atoms with van der Waals surface area (Å²) < 4.78 is 174. The van der Waals surface area contributed by atoms with E-state index < -0.39 is 65.1 Å². The van der Waals surface area contributed by atoms with E-state index in [-0.39, 0.29) is 24.5 Å². The quantitative estimate of drug-likeness (QED) is 0.0451. The van der Waals surface area contributed by atoms with Crippen molar-refractivity contribution in [2.45, 2.75) is 44.5 Å². The summed E-state index contributed by atoms with van der Waals surface area (Å²) in [5.41, 5.74) is 2.70. The van der Waals surface area contributed by atoms with E-state index in [9.17, 15) is 64.9 Å². The van der Waals surface area contributed by atoms with E-state index in [1.54, 1.807) is 24.3 Å². The molecule has 2 aromatic heterocycles. The predicted octanol–water partition coefficient (Wildman–Crippen LogP) is 4.46. The summed E-state index contributed by atoms with van der Waals surface area (Å²) in [5, 5.41) is 4.16. The van der Waals surface area contributed by atoms with Crippen molar-refractivity contribution in [1.82, 2.24) is 0 Å². The Kier molecular flexibility index (Phi) is 15.6. The molecule has 0 atom stereocenters. The zero-order valence-corrected chi connectivity index (χ0v) is 45.3. The van der Waals surface area contributed by atoms with Gasteiger partial charge in [0.2, 0.25) is 0 Å². The second-order valence-corrected chi connectivity index (χ2v) is 31.7. The number of hydrogen-bond donors (Lipinski definition) is 5. The van der Waals surface area contributed by atoms with E-state index in [0.717, 1.165) is 32.6 Å². The van der Waals surface area contributed by atoms with Gasteiger partial charge < -0.3 is 0 Å². The lowest BCUT2D eigenvalue weighted by molar-refractivity contribution is -0.692. The highest BCUT2D eigenvalue weighted by molar-refractivity contribution is 7.96. The van der Waals surface area contributed by atoms with Crippen molar-refractivity contribution in [3.05, 3.63) is 200 Å². The minimum atomic E-state index is -4.60. The van der Waals surface area contributed by atoms with Crippen molar-refractivity contribution in [1.29, 1.82) is 0 Å². The molecular formula is C51H48N2O15P2S5+4. The Bertz CT molecular complexity index is 3710. The second-order valence-electron chi connectivity index (χ2n) is 17.4. The van der Waals surface area contributed by atoms with Crippen molar-refractivity contribution in [2.24, 2.45) is 0 Å². The SMILES string of the molecule is Cc1ccc([P+](CC[n+]2ccc(-c3cc[n+](CC[P+](c4ccc(S(=O)(=O)O)cc4)(c4ccc(S(=O)(=O)O)cc4)c4ccc(S(=O)(=O)O)cc4)cc3)cc2)(c2ccc(S(=O)(=O)O)cc2)c2ccc(S(=O)(=O)O)cc2)cc1. The van der Waals surface area contributed by atoms with Crippen LogP contribution in [-0.2, 0) is 63.7 Å². The number of benzene rings is 6. The molecular weight excluding hydrogens is 1100 g/mol. The van der Waals surface area contributed by atoms with Crippen LogP contribution < -0.4 is 41.0 Å². The van der Waals surface area contributed by atoms with E-state index in [4.69, 9.17) is 0 Å². The van der Waals surface area contributed by atoms with Gasteiger partial charge in [-0.2, -0.15) is 42.1 Å². The minimum absolute atomic E-state index is 0.287.